The van der Waals surface area contributed by atoms with Crippen LogP contribution in [0.1, 0.15) is 23.8 Å². The second-order valence-corrected chi connectivity index (χ2v) is 5.60. The predicted octanol–water partition coefficient (Wildman–Crippen LogP) is 3.02. The van der Waals surface area contributed by atoms with Crippen LogP contribution in [0.2, 0.25) is 0 Å². The third-order valence-electron chi connectivity index (χ3n) is 2.68. The van der Waals surface area contributed by atoms with Crippen molar-refractivity contribution in [2.45, 2.75) is 24.3 Å². The second-order valence-electron chi connectivity index (χ2n) is 4.29. The first-order valence-corrected chi connectivity index (χ1v) is 7.05. The van der Waals surface area contributed by atoms with Crippen molar-refractivity contribution in [1.82, 2.24) is 25.3 Å². The normalized spacial score (nSPS) is 12.5. The number of aromatic amines is 1. The topological polar surface area (TPSA) is 80.5 Å². The van der Waals surface area contributed by atoms with Gasteiger partial charge in [0.15, 0.2) is 5.82 Å². The molecule has 102 valence electrons. The summed E-state index contributed by atoms with van der Waals surface area (Å²) in [4.78, 5) is 8.67. The number of hydrogen-bond donors (Lipinski definition) is 1. The fourth-order valence-corrected chi connectivity index (χ4v) is 2.49. The van der Waals surface area contributed by atoms with Crippen LogP contribution in [0.5, 0.6) is 0 Å². The number of hydrogen-bond acceptors (Lipinski definition) is 6. The van der Waals surface area contributed by atoms with Crippen LogP contribution in [0.3, 0.4) is 0 Å². The fraction of sp³-hybridized carbons (Fsp3) is 0.231. The summed E-state index contributed by atoms with van der Waals surface area (Å²) in [5, 5.41) is 11.6. The maximum Gasteiger partial charge on any atom is 0.257 e. The third kappa shape index (κ3) is 2.72. The highest BCUT2D eigenvalue weighted by atomic mass is 32.2. The van der Waals surface area contributed by atoms with Crippen LogP contribution in [-0.2, 0) is 0 Å². The molecule has 0 amide bonds. The molecule has 0 aliphatic heterocycles. The molecule has 0 unspecified atom stereocenters. The minimum absolute atomic E-state index is 0.0198. The Bertz CT molecular complexity index is 694. The first kappa shape index (κ1) is 12.9. The Kier molecular flexibility index (Phi) is 3.51. The molecule has 6 nitrogen and oxygen atoms in total. The van der Waals surface area contributed by atoms with E-state index >= 15 is 0 Å². The first-order chi connectivity index (χ1) is 9.72. The monoisotopic (exact) mass is 287 g/mol. The number of H-pyrrole nitrogens is 1. The van der Waals surface area contributed by atoms with E-state index in [0.717, 1.165) is 11.4 Å². The molecule has 0 spiro atoms. The predicted molar refractivity (Wildman–Crippen MR) is 75.1 cm³/mol. The third-order valence-corrected chi connectivity index (χ3v) is 3.64. The zero-order valence-corrected chi connectivity index (χ0v) is 11.9. The number of aromatic nitrogens is 5. The lowest BCUT2D eigenvalue weighted by Crippen LogP contribution is -1.92. The highest BCUT2D eigenvalue weighted by Gasteiger charge is 2.17. The van der Waals surface area contributed by atoms with Crippen LogP contribution in [-0.4, -0.2) is 25.3 Å². The Labute approximate surface area is 120 Å². The van der Waals surface area contributed by atoms with Crippen molar-refractivity contribution in [1.29, 1.82) is 0 Å². The Balaban J connectivity index is 1.76. The number of aryl methyl sites for hydroxylation is 1. The molecular formula is C13H13N5OS. The van der Waals surface area contributed by atoms with Crippen molar-refractivity contribution < 1.29 is 4.52 Å². The molecule has 3 aromatic rings. The number of nitrogens with one attached hydrogen (secondary N) is 1. The van der Waals surface area contributed by atoms with E-state index in [1.165, 1.54) is 11.8 Å². The maximum atomic E-state index is 5.29. The summed E-state index contributed by atoms with van der Waals surface area (Å²) in [6.45, 7) is 3.86. The van der Waals surface area contributed by atoms with Gasteiger partial charge in [0, 0.05) is 5.56 Å². The number of benzene rings is 1. The van der Waals surface area contributed by atoms with Gasteiger partial charge in [-0.2, -0.15) is 4.98 Å². The molecule has 0 radical (unpaired) electrons. The lowest BCUT2D eigenvalue weighted by Gasteiger charge is -2.01. The molecule has 1 atom stereocenters. The van der Waals surface area contributed by atoms with Crippen molar-refractivity contribution >= 4 is 11.8 Å². The van der Waals surface area contributed by atoms with E-state index < -0.39 is 0 Å². The zero-order chi connectivity index (χ0) is 13.9. The summed E-state index contributed by atoms with van der Waals surface area (Å²) in [5.74, 6) is 1.95. The molecule has 0 bridgehead atoms. The van der Waals surface area contributed by atoms with Gasteiger partial charge in [-0.3, -0.25) is 5.10 Å². The van der Waals surface area contributed by atoms with E-state index in [2.05, 4.69) is 25.3 Å². The average Bonchev–Trinajstić information content (AvgIpc) is 3.09. The van der Waals surface area contributed by atoms with Crippen molar-refractivity contribution in [3.63, 3.8) is 0 Å². The van der Waals surface area contributed by atoms with Gasteiger partial charge in [-0.05, 0) is 26.0 Å². The van der Waals surface area contributed by atoms with Crippen LogP contribution >= 0.6 is 11.8 Å². The molecule has 2 heterocycles. The lowest BCUT2D eigenvalue weighted by atomic mass is 10.2. The van der Waals surface area contributed by atoms with Crippen molar-refractivity contribution in [2.24, 2.45) is 0 Å². The van der Waals surface area contributed by atoms with Gasteiger partial charge in [0.2, 0.25) is 5.16 Å². The van der Waals surface area contributed by atoms with Crippen LogP contribution in [0.25, 0.3) is 11.5 Å². The van der Waals surface area contributed by atoms with E-state index in [-0.39, 0.29) is 5.25 Å². The summed E-state index contributed by atoms with van der Waals surface area (Å²) >= 11 is 1.49. The lowest BCUT2D eigenvalue weighted by molar-refractivity contribution is 0.423. The average molecular weight is 287 g/mol. The summed E-state index contributed by atoms with van der Waals surface area (Å²) < 4.78 is 5.29. The van der Waals surface area contributed by atoms with Gasteiger partial charge in [-0.1, -0.05) is 35.1 Å². The van der Waals surface area contributed by atoms with Crippen molar-refractivity contribution in [2.75, 3.05) is 0 Å². The molecule has 0 saturated heterocycles. The Morgan fingerprint density at radius 1 is 1.20 bits per heavy atom. The van der Waals surface area contributed by atoms with E-state index in [1.54, 1.807) is 0 Å². The fourth-order valence-electron chi connectivity index (χ4n) is 1.68. The highest BCUT2D eigenvalue weighted by Crippen LogP contribution is 2.31. The Morgan fingerprint density at radius 2 is 2.00 bits per heavy atom. The van der Waals surface area contributed by atoms with E-state index in [0.29, 0.717) is 16.9 Å². The Hall–Kier alpha value is -2.15. The molecular weight excluding hydrogens is 274 g/mol. The number of thioether (sulfide) groups is 1. The zero-order valence-electron chi connectivity index (χ0n) is 11.1. The number of nitrogens with zero attached hydrogens (tertiary/aromatic N) is 4. The summed E-state index contributed by atoms with van der Waals surface area (Å²) in [6.07, 6.45) is 0. The molecule has 1 aromatic carbocycles. The van der Waals surface area contributed by atoms with Gasteiger partial charge in [0.05, 0.1) is 5.25 Å². The van der Waals surface area contributed by atoms with Gasteiger partial charge in [-0.15, -0.1) is 5.10 Å². The van der Waals surface area contributed by atoms with Crippen molar-refractivity contribution in [3.05, 3.63) is 42.0 Å². The van der Waals surface area contributed by atoms with Gasteiger partial charge in [0.1, 0.15) is 5.82 Å². The van der Waals surface area contributed by atoms with Crippen LogP contribution in [0.4, 0.5) is 0 Å². The SMILES string of the molecule is Cc1nc(S[C@@H](C)c2noc(-c3ccccc3)n2)n[nH]1. The molecule has 7 heteroatoms. The second kappa shape index (κ2) is 5.46. The molecule has 1 N–H and O–H groups in total. The molecule has 0 aliphatic rings. The van der Waals surface area contributed by atoms with Gasteiger partial charge >= 0.3 is 0 Å². The summed E-state index contributed by atoms with van der Waals surface area (Å²) in [5.41, 5.74) is 0.914. The van der Waals surface area contributed by atoms with Crippen LogP contribution < -0.4 is 0 Å². The summed E-state index contributed by atoms with van der Waals surface area (Å²) in [6, 6.07) is 9.70. The van der Waals surface area contributed by atoms with Gasteiger partial charge < -0.3 is 4.52 Å². The van der Waals surface area contributed by atoms with Gasteiger partial charge in [-0.25, -0.2) is 4.98 Å². The first-order valence-electron chi connectivity index (χ1n) is 6.17. The molecule has 0 saturated carbocycles. The quantitative estimate of drug-likeness (QED) is 0.743. The largest absolute Gasteiger partial charge is 0.334 e. The highest BCUT2D eigenvalue weighted by molar-refractivity contribution is 7.99. The molecule has 3 rings (SSSR count). The van der Waals surface area contributed by atoms with Gasteiger partial charge in [0.25, 0.3) is 5.89 Å². The van der Waals surface area contributed by atoms with E-state index in [1.807, 2.05) is 44.2 Å². The van der Waals surface area contributed by atoms with E-state index in [4.69, 9.17) is 4.52 Å². The van der Waals surface area contributed by atoms with Crippen LogP contribution in [0, 0.1) is 6.92 Å². The summed E-state index contributed by atoms with van der Waals surface area (Å²) in [7, 11) is 0. The minimum Gasteiger partial charge on any atom is -0.334 e. The number of rotatable bonds is 4. The molecule has 0 fully saturated rings. The van der Waals surface area contributed by atoms with E-state index in [9.17, 15) is 0 Å². The maximum absolute atomic E-state index is 5.29. The smallest absolute Gasteiger partial charge is 0.257 e. The molecule has 20 heavy (non-hydrogen) atoms. The standard InChI is InChI=1S/C13H13N5OS/c1-8(20-13-14-9(2)16-17-13)11-15-12(19-18-11)10-6-4-3-5-7-10/h3-8H,1-2H3,(H,14,16,17)/t8-/m0/s1. The Morgan fingerprint density at radius 3 is 2.70 bits per heavy atom. The van der Waals surface area contributed by atoms with Crippen LogP contribution in [0.15, 0.2) is 40.0 Å². The molecule has 0 aliphatic carbocycles. The molecule has 2 aromatic heterocycles. The minimum atomic E-state index is 0.0198. The van der Waals surface area contributed by atoms with Crippen molar-refractivity contribution in [3.8, 4) is 11.5 Å².